The first-order valence-electron chi connectivity index (χ1n) is 7.39. The Morgan fingerprint density at radius 2 is 2.00 bits per heavy atom. The largest absolute Gasteiger partial charge is 0.336 e. The molecule has 2 nitrogen and oxygen atoms in total. The molecule has 3 heteroatoms. The number of hydrogen-bond acceptors (Lipinski definition) is 2. The highest BCUT2D eigenvalue weighted by molar-refractivity contribution is 14.1. The van der Waals surface area contributed by atoms with Gasteiger partial charge in [-0.1, -0.05) is 37.0 Å². The molecule has 0 radical (unpaired) electrons. The van der Waals surface area contributed by atoms with E-state index in [0.29, 0.717) is 5.92 Å². The van der Waals surface area contributed by atoms with Crippen LogP contribution >= 0.6 is 22.6 Å². The molecule has 0 bridgehead atoms. The minimum Gasteiger partial charge on any atom is -0.336 e. The molecule has 1 aliphatic carbocycles. The van der Waals surface area contributed by atoms with Gasteiger partial charge in [0.2, 0.25) is 0 Å². The van der Waals surface area contributed by atoms with Crippen LogP contribution in [0, 0.1) is 9.49 Å². The highest BCUT2D eigenvalue weighted by atomic mass is 127. The second-order valence-electron chi connectivity index (χ2n) is 5.71. The summed E-state index contributed by atoms with van der Waals surface area (Å²) in [6, 6.07) is 7.93. The third kappa shape index (κ3) is 4.77. The number of rotatable bonds is 6. The van der Waals surface area contributed by atoms with Gasteiger partial charge in [0, 0.05) is 0 Å². The van der Waals surface area contributed by atoms with E-state index in [4.69, 9.17) is 9.78 Å². The summed E-state index contributed by atoms with van der Waals surface area (Å²) in [5, 5.41) is 0. The van der Waals surface area contributed by atoms with Crippen LogP contribution in [0.1, 0.15) is 45.4 Å². The summed E-state index contributed by atoms with van der Waals surface area (Å²) in [7, 11) is 0. The summed E-state index contributed by atoms with van der Waals surface area (Å²) in [5.74, 6) is 1.40. The molecule has 0 N–H and O–H groups in total. The Labute approximate surface area is 135 Å². The van der Waals surface area contributed by atoms with E-state index in [0.717, 1.165) is 21.3 Å². The zero-order chi connectivity index (χ0) is 14.4. The number of para-hydroxylation sites is 1. The SMILES string of the molecule is C=C(C)CC(OOc1ccccc1I)C1CCCCC1. The van der Waals surface area contributed by atoms with Gasteiger partial charge in [-0.2, -0.15) is 4.89 Å². The molecule has 0 heterocycles. The molecule has 0 aromatic heterocycles. The fourth-order valence-electron chi connectivity index (χ4n) is 2.75. The van der Waals surface area contributed by atoms with E-state index in [-0.39, 0.29) is 6.10 Å². The zero-order valence-electron chi connectivity index (χ0n) is 12.1. The average Bonchev–Trinajstić information content (AvgIpc) is 2.45. The van der Waals surface area contributed by atoms with Crippen molar-refractivity contribution in [2.75, 3.05) is 0 Å². The minimum absolute atomic E-state index is 0.129. The van der Waals surface area contributed by atoms with Crippen molar-refractivity contribution in [2.45, 2.75) is 51.6 Å². The lowest BCUT2D eigenvalue weighted by Crippen LogP contribution is -2.28. The summed E-state index contributed by atoms with van der Waals surface area (Å²) in [5.41, 5.74) is 1.16. The Morgan fingerprint density at radius 3 is 2.65 bits per heavy atom. The van der Waals surface area contributed by atoms with Gasteiger partial charge in [-0.25, -0.2) is 0 Å². The van der Waals surface area contributed by atoms with Gasteiger partial charge >= 0.3 is 0 Å². The van der Waals surface area contributed by atoms with Crippen LogP contribution in [0.3, 0.4) is 0 Å². The number of halogens is 1. The summed E-state index contributed by atoms with van der Waals surface area (Å²) in [6.45, 7) is 6.09. The van der Waals surface area contributed by atoms with Gasteiger partial charge in [-0.05, 0) is 66.8 Å². The molecule has 1 aromatic rings. The van der Waals surface area contributed by atoms with Gasteiger partial charge in [0.1, 0.15) is 6.10 Å². The van der Waals surface area contributed by atoms with Gasteiger partial charge in [-0.3, -0.25) is 0 Å². The van der Waals surface area contributed by atoms with Crippen molar-refractivity contribution in [1.29, 1.82) is 0 Å². The van der Waals surface area contributed by atoms with Gasteiger partial charge < -0.3 is 4.89 Å². The fraction of sp³-hybridized carbons (Fsp3) is 0.529. The van der Waals surface area contributed by atoms with E-state index in [2.05, 4.69) is 36.1 Å². The van der Waals surface area contributed by atoms with E-state index in [1.54, 1.807) is 0 Å². The first kappa shape index (κ1) is 15.8. The van der Waals surface area contributed by atoms with E-state index in [1.165, 1.54) is 32.1 Å². The highest BCUT2D eigenvalue weighted by Gasteiger charge is 2.26. The minimum atomic E-state index is 0.129. The lowest BCUT2D eigenvalue weighted by Gasteiger charge is -2.29. The van der Waals surface area contributed by atoms with Crippen molar-refractivity contribution in [1.82, 2.24) is 0 Å². The maximum atomic E-state index is 5.79. The first-order valence-corrected chi connectivity index (χ1v) is 8.47. The standard InChI is InChI=1S/C17H23IO2/c1-13(2)12-17(14-8-4-3-5-9-14)20-19-16-11-7-6-10-15(16)18/h6-7,10-11,14,17H,1,3-5,8-9,12H2,2H3. The molecule has 1 aromatic carbocycles. The summed E-state index contributed by atoms with van der Waals surface area (Å²) >= 11 is 2.26. The third-order valence-corrected chi connectivity index (χ3v) is 4.71. The topological polar surface area (TPSA) is 18.5 Å². The highest BCUT2D eigenvalue weighted by Crippen LogP contribution is 2.31. The van der Waals surface area contributed by atoms with Crippen molar-refractivity contribution in [3.8, 4) is 5.75 Å². The van der Waals surface area contributed by atoms with Crippen molar-refractivity contribution in [3.05, 3.63) is 40.0 Å². The van der Waals surface area contributed by atoms with E-state index >= 15 is 0 Å². The fourth-order valence-corrected chi connectivity index (χ4v) is 3.23. The molecular formula is C17H23IO2. The quantitative estimate of drug-likeness (QED) is 0.278. The molecular weight excluding hydrogens is 363 g/mol. The predicted octanol–water partition coefficient (Wildman–Crippen LogP) is 5.52. The van der Waals surface area contributed by atoms with E-state index in [9.17, 15) is 0 Å². The van der Waals surface area contributed by atoms with Crippen molar-refractivity contribution in [2.24, 2.45) is 5.92 Å². The van der Waals surface area contributed by atoms with Crippen LogP contribution in [0.25, 0.3) is 0 Å². The molecule has 1 saturated carbocycles. The van der Waals surface area contributed by atoms with Gasteiger partial charge in [-0.15, -0.1) is 6.58 Å². The molecule has 2 rings (SSSR count). The first-order chi connectivity index (χ1) is 9.66. The monoisotopic (exact) mass is 386 g/mol. The number of benzene rings is 1. The number of hydrogen-bond donors (Lipinski definition) is 0. The van der Waals surface area contributed by atoms with Crippen LogP contribution < -0.4 is 4.89 Å². The average molecular weight is 386 g/mol. The summed E-state index contributed by atoms with van der Waals surface area (Å²) in [4.78, 5) is 11.4. The maximum Gasteiger partial charge on any atom is 0.178 e. The molecule has 0 amide bonds. The van der Waals surface area contributed by atoms with Crippen LogP contribution in [0.2, 0.25) is 0 Å². The Hall–Kier alpha value is -0.550. The summed E-state index contributed by atoms with van der Waals surface area (Å²) < 4.78 is 1.07. The van der Waals surface area contributed by atoms with Crippen LogP contribution in [0.5, 0.6) is 5.75 Å². The van der Waals surface area contributed by atoms with Crippen LogP contribution in [0.4, 0.5) is 0 Å². The third-order valence-electron chi connectivity index (χ3n) is 3.82. The Bertz CT molecular complexity index is 438. The van der Waals surface area contributed by atoms with Crippen molar-refractivity contribution in [3.63, 3.8) is 0 Å². The second kappa shape index (κ2) is 8.03. The Balaban J connectivity index is 1.96. The molecule has 0 aliphatic heterocycles. The maximum absolute atomic E-state index is 5.79. The van der Waals surface area contributed by atoms with Gasteiger partial charge in [0.05, 0.1) is 3.57 Å². The molecule has 20 heavy (non-hydrogen) atoms. The van der Waals surface area contributed by atoms with Gasteiger partial charge in [0.15, 0.2) is 5.75 Å². The summed E-state index contributed by atoms with van der Waals surface area (Å²) in [6.07, 6.45) is 7.47. The van der Waals surface area contributed by atoms with Crippen LogP contribution in [0.15, 0.2) is 36.4 Å². The lowest BCUT2D eigenvalue weighted by atomic mass is 9.83. The molecule has 1 aliphatic rings. The molecule has 1 unspecified atom stereocenters. The molecule has 110 valence electrons. The predicted molar refractivity (Wildman–Crippen MR) is 90.7 cm³/mol. The van der Waals surface area contributed by atoms with Crippen molar-refractivity contribution >= 4 is 22.6 Å². The molecule has 0 spiro atoms. The molecule has 1 atom stereocenters. The van der Waals surface area contributed by atoms with E-state index in [1.807, 2.05) is 24.3 Å². The van der Waals surface area contributed by atoms with Crippen LogP contribution in [-0.4, -0.2) is 6.10 Å². The Kier molecular flexibility index (Phi) is 6.36. The molecule has 0 saturated heterocycles. The smallest absolute Gasteiger partial charge is 0.178 e. The van der Waals surface area contributed by atoms with Crippen LogP contribution in [-0.2, 0) is 4.89 Å². The lowest BCUT2D eigenvalue weighted by molar-refractivity contribution is -0.259. The second-order valence-corrected chi connectivity index (χ2v) is 6.87. The zero-order valence-corrected chi connectivity index (χ0v) is 14.3. The van der Waals surface area contributed by atoms with Crippen molar-refractivity contribution < 1.29 is 9.78 Å². The van der Waals surface area contributed by atoms with E-state index < -0.39 is 0 Å². The Morgan fingerprint density at radius 1 is 1.30 bits per heavy atom. The van der Waals surface area contributed by atoms with Gasteiger partial charge in [0.25, 0.3) is 0 Å². The molecule has 1 fully saturated rings. The normalized spacial score (nSPS) is 17.7.